The molecule has 29 heavy (non-hydrogen) atoms. The normalized spacial score (nSPS) is 15.9. The molecule has 1 fully saturated rings. The molecule has 1 saturated heterocycles. The van der Waals surface area contributed by atoms with Gasteiger partial charge in [0.1, 0.15) is 4.90 Å². The molecule has 2 aromatic rings. The lowest BCUT2D eigenvalue weighted by Crippen LogP contribution is -2.51. The van der Waals surface area contributed by atoms with Gasteiger partial charge in [-0.2, -0.15) is 9.57 Å². The molecule has 1 aromatic carbocycles. The number of nitriles is 1. The van der Waals surface area contributed by atoms with Crippen LogP contribution in [0.5, 0.6) is 0 Å². The van der Waals surface area contributed by atoms with Gasteiger partial charge in [-0.05, 0) is 24.6 Å². The van der Waals surface area contributed by atoms with Gasteiger partial charge in [-0.25, -0.2) is 8.42 Å². The summed E-state index contributed by atoms with van der Waals surface area (Å²) in [6.07, 6.45) is 1.97. The Bertz CT molecular complexity index is 1040. The Hall–Kier alpha value is -2.54. The smallest absolute Gasteiger partial charge is 0.245 e. The molecule has 8 nitrogen and oxygen atoms in total. The number of pyridine rings is 1. The predicted octanol–water partition coefficient (Wildman–Crippen LogP) is 1.22. The van der Waals surface area contributed by atoms with Gasteiger partial charge in [0.05, 0.1) is 24.6 Å². The van der Waals surface area contributed by atoms with Gasteiger partial charge in [0.15, 0.2) is 0 Å². The highest BCUT2D eigenvalue weighted by atomic mass is 32.2. The van der Waals surface area contributed by atoms with Gasteiger partial charge >= 0.3 is 0 Å². The van der Waals surface area contributed by atoms with Crippen molar-refractivity contribution in [3.05, 3.63) is 36.0 Å². The number of aromatic nitrogens is 1. The summed E-state index contributed by atoms with van der Waals surface area (Å²) < 4.78 is 27.9. The van der Waals surface area contributed by atoms with Crippen LogP contribution in [-0.4, -0.2) is 79.7 Å². The maximum Gasteiger partial charge on any atom is 0.245 e. The van der Waals surface area contributed by atoms with Crippen molar-refractivity contribution in [2.45, 2.75) is 18.2 Å². The summed E-state index contributed by atoms with van der Waals surface area (Å²) in [7, 11) is -1.99. The number of carbonyl (C=O) groups excluding carboxylic acids is 1. The quantitative estimate of drug-likeness (QED) is 0.704. The molecule has 3 rings (SSSR count). The van der Waals surface area contributed by atoms with Crippen LogP contribution in [0.2, 0.25) is 0 Å². The fourth-order valence-corrected chi connectivity index (χ4v) is 4.96. The monoisotopic (exact) mass is 415 g/mol. The minimum Gasteiger partial charge on any atom is -0.344 e. The lowest BCUT2D eigenvalue weighted by atomic mass is 10.2. The molecule has 0 saturated carbocycles. The minimum absolute atomic E-state index is 0.0646. The Morgan fingerprint density at radius 1 is 1.28 bits per heavy atom. The number of hydrogen-bond donors (Lipinski definition) is 0. The number of benzene rings is 1. The Kier molecular flexibility index (Phi) is 6.47. The number of amides is 1. The molecule has 0 bridgehead atoms. The highest BCUT2D eigenvalue weighted by molar-refractivity contribution is 7.89. The second kappa shape index (κ2) is 8.86. The van der Waals surface area contributed by atoms with E-state index >= 15 is 0 Å². The standard InChI is InChI=1S/C20H25N5O3S/c1-16-13-17-5-3-6-18(20(17)22-14-16)29(27,28)25-11-9-24(10-12-25)15-19(26)23(2)8-4-7-21/h3,5-6,13-14H,4,8-12,15H2,1-2H3. The third-order valence-corrected chi connectivity index (χ3v) is 7.03. The van der Waals surface area contributed by atoms with Crippen LogP contribution in [0.1, 0.15) is 12.0 Å². The fourth-order valence-electron chi connectivity index (χ4n) is 3.37. The Morgan fingerprint density at radius 2 is 2.00 bits per heavy atom. The summed E-state index contributed by atoms with van der Waals surface area (Å²) >= 11 is 0. The van der Waals surface area contributed by atoms with E-state index in [0.717, 1.165) is 10.9 Å². The summed E-state index contributed by atoms with van der Waals surface area (Å²) in [6.45, 7) is 4.15. The van der Waals surface area contributed by atoms with Crippen molar-refractivity contribution < 1.29 is 13.2 Å². The van der Waals surface area contributed by atoms with Crippen molar-refractivity contribution in [2.24, 2.45) is 0 Å². The molecule has 1 aromatic heterocycles. The second-order valence-corrected chi connectivity index (χ2v) is 9.15. The zero-order valence-electron chi connectivity index (χ0n) is 16.7. The maximum absolute atomic E-state index is 13.2. The van der Waals surface area contributed by atoms with Crippen LogP contribution in [0.15, 0.2) is 35.4 Å². The molecule has 1 aliphatic rings. The number of piperazine rings is 1. The van der Waals surface area contributed by atoms with Crippen LogP contribution in [-0.2, 0) is 14.8 Å². The van der Waals surface area contributed by atoms with Gasteiger partial charge in [0.25, 0.3) is 0 Å². The van der Waals surface area contributed by atoms with Gasteiger partial charge in [-0.15, -0.1) is 0 Å². The first-order chi connectivity index (χ1) is 13.8. The molecule has 1 amide bonds. The molecule has 154 valence electrons. The summed E-state index contributed by atoms with van der Waals surface area (Å²) in [5, 5.41) is 9.43. The number of rotatable bonds is 6. The molecule has 1 aliphatic heterocycles. The molecule has 2 heterocycles. The molecular weight excluding hydrogens is 390 g/mol. The number of aryl methyl sites for hydroxylation is 1. The average Bonchev–Trinajstić information content (AvgIpc) is 2.71. The number of likely N-dealkylation sites (N-methyl/N-ethyl adjacent to an activating group) is 1. The zero-order chi connectivity index (χ0) is 21.0. The van der Waals surface area contributed by atoms with E-state index in [2.05, 4.69) is 4.98 Å². The Labute approximate surface area is 171 Å². The third-order valence-electron chi connectivity index (χ3n) is 5.10. The number of carbonyl (C=O) groups is 1. The van der Waals surface area contributed by atoms with Crippen molar-refractivity contribution in [2.75, 3.05) is 46.3 Å². The van der Waals surface area contributed by atoms with Gasteiger partial charge in [0.2, 0.25) is 15.9 Å². The first-order valence-corrected chi connectivity index (χ1v) is 11.0. The molecular formula is C20H25N5O3S. The predicted molar refractivity (Wildman–Crippen MR) is 110 cm³/mol. The SMILES string of the molecule is Cc1cnc2c(S(=O)(=O)N3CCN(CC(=O)N(C)CCC#N)CC3)cccc2c1. The van der Waals surface area contributed by atoms with E-state index in [1.54, 1.807) is 25.4 Å². The van der Waals surface area contributed by atoms with Crippen LogP contribution in [0.3, 0.4) is 0 Å². The fraction of sp³-hybridized carbons (Fsp3) is 0.450. The zero-order valence-corrected chi connectivity index (χ0v) is 17.5. The molecule has 9 heteroatoms. The molecule has 0 radical (unpaired) electrons. The van der Waals surface area contributed by atoms with E-state index < -0.39 is 10.0 Å². The lowest BCUT2D eigenvalue weighted by Gasteiger charge is -2.34. The third kappa shape index (κ3) is 4.72. The Balaban J connectivity index is 1.68. The topological polar surface area (TPSA) is 97.6 Å². The van der Waals surface area contributed by atoms with Crippen LogP contribution in [0, 0.1) is 18.3 Å². The van der Waals surface area contributed by atoms with E-state index in [1.165, 1.54) is 9.21 Å². The number of para-hydroxylation sites is 1. The van der Waals surface area contributed by atoms with Crippen LogP contribution >= 0.6 is 0 Å². The van der Waals surface area contributed by atoms with Crippen molar-refractivity contribution in [1.82, 2.24) is 19.1 Å². The van der Waals surface area contributed by atoms with E-state index in [4.69, 9.17) is 5.26 Å². The van der Waals surface area contributed by atoms with Crippen LogP contribution in [0.25, 0.3) is 10.9 Å². The molecule has 0 atom stereocenters. The minimum atomic E-state index is -3.67. The van der Waals surface area contributed by atoms with Crippen LogP contribution in [0.4, 0.5) is 0 Å². The highest BCUT2D eigenvalue weighted by Crippen LogP contribution is 2.25. The van der Waals surface area contributed by atoms with Crippen molar-refractivity contribution in [3.63, 3.8) is 0 Å². The number of fused-ring (bicyclic) bond motifs is 1. The Morgan fingerprint density at radius 3 is 2.69 bits per heavy atom. The summed E-state index contributed by atoms with van der Waals surface area (Å²) in [6, 6.07) is 9.15. The maximum atomic E-state index is 13.2. The first kappa shape index (κ1) is 21.2. The molecule has 0 unspecified atom stereocenters. The van der Waals surface area contributed by atoms with Gasteiger partial charge in [0, 0.05) is 51.4 Å². The number of sulfonamides is 1. The number of hydrogen-bond acceptors (Lipinski definition) is 6. The van der Waals surface area contributed by atoms with Crippen molar-refractivity contribution >= 4 is 26.8 Å². The van der Waals surface area contributed by atoms with Gasteiger partial charge in [-0.3, -0.25) is 14.7 Å². The summed E-state index contributed by atoms with van der Waals surface area (Å²) in [5.41, 5.74) is 1.46. The largest absolute Gasteiger partial charge is 0.344 e. The summed E-state index contributed by atoms with van der Waals surface area (Å²) in [4.78, 5) is 20.3. The van der Waals surface area contributed by atoms with Crippen LogP contribution < -0.4 is 0 Å². The van der Waals surface area contributed by atoms with E-state index in [1.807, 2.05) is 30.0 Å². The van der Waals surface area contributed by atoms with E-state index in [-0.39, 0.29) is 17.3 Å². The lowest BCUT2D eigenvalue weighted by molar-refractivity contribution is -0.131. The molecule has 0 N–H and O–H groups in total. The van der Waals surface area contributed by atoms with Gasteiger partial charge < -0.3 is 4.90 Å². The average molecular weight is 416 g/mol. The molecule has 0 aliphatic carbocycles. The highest BCUT2D eigenvalue weighted by Gasteiger charge is 2.31. The van der Waals surface area contributed by atoms with Crippen molar-refractivity contribution in [1.29, 1.82) is 5.26 Å². The van der Waals surface area contributed by atoms with Gasteiger partial charge in [-0.1, -0.05) is 12.1 Å². The second-order valence-electron chi connectivity index (χ2n) is 7.24. The van der Waals surface area contributed by atoms with E-state index in [9.17, 15) is 13.2 Å². The first-order valence-electron chi connectivity index (χ1n) is 9.51. The molecule has 0 spiro atoms. The van der Waals surface area contributed by atoms with Crippen molar-refractivity contribution in [3.8, 4) is 6.07 Å². The van der Waals surface area contributed by atoms with E-state index in [0.29, 0.717) is 44.7 Å². The number of nitrogens with zero attached hydrogens (tertiary/aromatic N) is 5. The summed E-state index contributed by atoms with van der Waals surface area (Å²) in [5.74, 6) is -0.0646.